The summed E-state index contributed by atoms with van der Waals surface area (Å²) in [6.45, 7) is 1.35. The van der Waals surface area contributed by atoms with Crippen LogP contribution in [0.25, 0.3) is 0 Å². The summed E-state index contributed by atoms with van der Waals surface area (Å²) in [7, 11) is 1.00. The van der Waals surface area contributed by atoms with Crippen molar-refractivity contribution in [3.05, 3.63) is 71.8 Å². The molecule has 0 saturated heterocycles. The van der Waals surface area contributed by atoms with Crippen LogP contribution in [0.5, 0.6) is 0 Å². The van der Waals surface area contributed by atoms with E-state index in [4.69, 9.17) is 9.84 Å². The van der Waals surface area contributed by atoms with E-state index in [1.54, 1.807) is 0 Å². The van der Waals surface area contributed by atoms with Gasteiger partial charge in [0.05, 0.1) is 13.2 Å². The van der Waals surface area contributed by atoms with E-state index in [1.807, 2.05) is 36.4 Å². The summed E-state index contributed by atoms with van der Waals surface area (Å²) in [5.41, 5.74) is 2.43. The highest BCUT2D eigenvalue weighted by molar-refractivity contribution is 5.15. The smallest absolute Gasteiger partial charge is 0.0721 e. The fourth-order valence-corrected chi connectivity index (χ4v) is 1.44. The maximum absolute atomic E-state index is 7.00. The lowest BCUT2D eigenvalue weighted by Crippen LogP contribution is -1.93. The first-order valence-corrected chi connectivity index (χ1v) is 5.55. The third-order valence-corrected chi connectivity index (χ3v) is 2.22. The maximum atomic E-state index is 7.00. The van der Waals surface area contributed by atoms with E-state index in [0.717, 1.165) is 7.11 Å². The molecule has 0 aliphatic carbocycles. The van der Waals surface area contributed by atoms with Crippen molar-refractivity contribution in [2.45, 2.75) is 13.2 Å². The number of benzene rings is 2. The van der Waals surface area contributed by atoms with Crippen molar-refractivity contribution < 1.29 is 9.84 Å². The van der Waals surface area contributed by atoms with Gasteiger partial charge in [0.1, 0.15) is 0 Å². The van der Waals surface area contributed by atoms with Crippen LogP contribution >= 0.6 is 0 Å². The molecule has 0 aromatic heterocycles. The predicted octanol–water partition coefficient (Wildman–Crippen LogP) is 3.01. The van der Waals surface area contributed by atoms with Crippen LogP contribution in [0.2, 0.25) is 0 Å². The number of aliphatic hydroxyl groups excluding tert-OH is 1. The number of aliphatic hydroxyl groups is 1. The number of hydrogen-bond donors (Lipinski definition) is 1. The molecule has 90 valence electrons. The van der Waals surface area contributed by atoms with E-state index in [-0.39, 0.29) is 0 Å². The Bertz CT molecular complexity index is 345. The predicted molar refractivity (Wildman–Crippen MR) is 69.5 cm³/mol. The highest BCUT2D eigenvalue weighted by Crippen LogP contribution is 2.05. The van der Waals surface area contributed by atoms with E-state index in [2.05, 4.69) is 24.3 Å². The van der Waals surface area contributed by atoms with Crippen molar-refractivity contribution in [1.29, 1.82) is 0 Å². The lowest BCUT2D eigenvalue weighted by Gasteiger charge is -2.03. The van der Waals surface area contributed by atoms with Gasteiger partial charge < -0.3 is 9.84 Å². The highest BCUT2D eigenvalue weighted by Gasteiger charge is 1.93. The summed E-state index contributed by atoms with van der Waals surface area (Å²) >= 11 is 0. The van der Waals surface area contributed by atoms with Crippen molar-refractivity contribution in [2.75, 3.05) is 7.11 Å². The monoisotopic (exact) mass is 230 g/mol. The van der Waals surface area contributed by atoms with Crippen LogP contribution in [0.4, 0.5) is 0 Å². The summed E-state index contributed by atoms with van der Waals surface area (Å²) in [5, 5.41) is 7.00. The molecule has 0 radical (unpaired) electrons. The van der Waals surface area contributed by atoms with E-state index in [1.165, 1.54) is 11.1 Å². The molecule has 2 aromatic rings. The molecule has 2 nitrogen and oxygen atoms in total. The van der Waals surface area contributed by atoms with Gasteiger partial charge in [-0.3, -0.25) is 0 Å². The third kappa shape index (κ3) is 5.29. The number of ether oxygens (including phenoxy) is 1. The SMILES string of the molecule is CO.c1ccc(COCc2ccccc2)cc1. The Morgan fingerprint density at radius 1 is 0.706 bits per heavy atom. The van der Waals surface area contributed by atoms with Crippen LogP contribution in [0, 0.1) is 0 Å². The Hall–Kier alpha value is -1.64. The topological polar surface area (TPSA) is 29.5 Å². The lowest BCUT2D eigenvalue weighted by atomic mass is 10.2. The molecular formula is C15H18O2. The Morgan fingerprint density at radius 2 is 1.06 bits per heavy atom. The van der Waals surface area contributed by atoms with Crippen LogP contribution < -0.4 is 0 Å². The van der Waals surface area contributed by atoms with Gasteiger partial charge in [0.2, 0.25) is 0 Å². The fraction of sp³-hybridized carbons (Fsp3) is 0.200. The van der Waals surface area contributed by atoms with Gasteiger partial charge >= 0.3 is 0 Å². The molecule has 0 amide bonds. The molecule has 2 heteroatoms. The molecule has 0 bridgehead atoms. The molecule has 0 atom stereocenters. The van der Waals surface area contributed by atoms with Gasteiger partial charge in [-0.1, -0.05) is 60.7 Å². The average molecular weight is 230 g/mol. The van der Waals surface area contributed by atoms with Crippen molar-refractivity contribution in [1.82, 2.24) is 0 Å². The second-order valence-electron chi connectivity index (χ2n) is 3.46. The molecule has 0 heterocycles. The zero-order valence-electron chi connectivity index (χ0n) is 10.0. The summed E-state index contributed by atoms with van der Waals surface area (Å²) in [6, 6.07) is 20.4. The Labute approximate surface area is 102 Å². The van der Waals surface area contributed by atoms with Gasteiger partial charge in [0.15, 0.2) is 0 Å². The zero-order valence-corrected chi connectivity index (χ0v) is 10.0. The maximum Gasteiger partial charge on any atom is 0.0721 e. The largest absolute Gasteiger partial charge is 0.400 e. The quantitative estimate of drug-likeness (QED) is 0.875. The molecular weight excluding hydrogens is 212 g/mol. The van der Waals surface area contributed by atoms with Gasteiger partial charge in [-0.15, -0.1) is 0 Å². The second kappa shape index (κ2) is 8.50. The molecule has 0 fully saturated rings. The third-order valence-electron chi connectivity index (χ3n) is 2.22. The van der Waals surface area contributed by atoms with Crippen LogP contribution in [-0.4, -0.2) is 12.2 Å². The Kier molecular flexibility index (Phi) is 6.72. The normalized spacial score (nSPS) is 9.29. The van der Waals surface area contributed by atoms with Crippen molar-refractivity contribution >= 4 is 0 Å². The van der Waals surface area contributed by atoms with Gasteiger partial charge in [-0.2, -0.15) is 0 Å². The van der Waals surface area contributed by atoms with Crippen LogP contribution in [0.15, 0.2) is 60.7 Å². The van der Waals surface area contributed by atoms with Gasteiger partial charge in [-0.05, 0) is 11.1 Å². The van der Waals surface area contributed by atoms with Crippen molar-refractivity contribution in [3.8, 4) is 0 Å². The van der Waals surface area contributed by atoms with Crippen LogP contribution in [0.3, 0.4) is 0 Å². The van der Waals surface area contributed by atoms with E-state index >= 15 is 0 Å². The van der Waals surface area contributed by atoms with Crippen LogP contribution in [-0.2, 0) is 18.0 Å². The summed E-state index contributed by atoms with van der Waals surface area (Å²) < 4.78 is 5.61. The molecule has 17 heavy (non-hydrogen) atoms. The second-order valence-corrected chi connectivity index (χ2v) is 3.46. The van der Waals surface area contributed by atoms with Gasteiger partial charge in [0.25, 0.3) is 0 Å². The molecule has 1 N–H and O–H groups in total. The van der Waals surface area contributed by atoms with Crippen molar-refractivity contribution in [2.24, 2.45) is 0 Å². The molecule has 0 unspecified atom stereocenters. The number of hydrogen-bond acceptors (Lipinski definition) is 2. The Balaban J connectivity index is 0.000000686. The first kappa shape index (κ1) is 13.4. The summed E-state index contributed by atoms with van der Waals surface area (Å²) in [5.74, 6) is 0. The number of rotatable bonds is 4. The van der Waals surface area contributed by atoms with E-state index in [0.29, 0.717) is 13.2 Å². The Morgan fingerprint density at radius 3 is 1.41 bits per heavy atom. The fourth-order valence-electron chi connectivity index (χ4n) is 1.44. The zero-order chi connectivity index (χ0) is 12.3. The minimum absolute atomic E-state index is 0.676. The first-order valence-electron chi connectivity index (χ1n) is 5.55. The minimum Gasteiger partial charge on any atom is -0.400 e. The molecule has 2 aromatic carbocycles. The van der Waals surface area contributed by atoms with Crippen molar-refractivity contribution in [3.63, 3.8) is 0 Å². The summed E-state index contributed by atoms with van der Waals surface area (Å²) in [6.07, 6.45) is 0. The molecule has 0 aliphatic heterocycles. The van der Waals surface area contributed by atoms with Gasteiger partial charge in [-0.25, -0.2) is 0 Å². The van der Waals surface area contributed by atoms with E-state index in [9.17, 15) is 0 Å². The lowest BCUT2D eigenvalue weighted by molar-refractivity contribution is 0.107. The molecule has 0 aliphatic rings. The molecule has 0 saturated carbocycles. The van der Waals surface area contributed by atoms with E-state index < -0.39 is 0 Å². The summed E-state index contributed by atoms with van der Waals surface area (Å²) in [4.78, 5) is 0. The van der Waals surface area contributed by atoms with Gasteiger partial charge in [0, 0.05) is 7.11 Å². The molecule has 2 rings (SSSR count). The van der Waals surface area contributed by atoms with Crippen LogP contribution in [0.1, 0.15) is 11.1 Å². The average Bonchev–Trinajstić information content (AvgIpc) is 2.43. The highest BCUT2D eigenvalue weighted by atomic mass is 16.5. The standard InChI is InChI=1S/C14H14O.CH4O/c1-3-7-13(8-4-1)11-15-12-14-9-5-2-6-10-14;1-2/h1-10H,11-12H2;2H,1H3. The molecule has 0 spiro atoms. The minimum atomic E-state index is 0.676. The first-order chi connectivity index (χ1) is 8.45.